The van der Waals surface area contributed by atoms with E-state index in [2.05, 4.69) is 23.5 Å². The van der Waals surface area contributed by atoms with Crippen LogP contribution in [0.4, 0.5) is 0 Å². The minimum Gasteiger partial charge on any atom is -0.494 e. The molecule has 0 radical (unpaired) electrons. The highest BCUT2D eigenvalue weighted by Gasteiger charge is 2.06. The van der Waals surface area contributed by atoms with E-state index in [1.54, 1.807) is 0 Å². The standard InChI is InChI=1S/C15H21NO2/c1-16-9-2-10-18-15-5-3-13(4-6-15)14-7-11-17-12-8-14/h3-7,16H,2,8-12H2,1H3. The van der Waals surface area contributed by atoms with Crippen molar-refractivity contribution in [1.29, 1.82) is 0 Å². The van der Waals surface area contributed by atoms with Gasteiger partial charge in [0.15, 0.2) is 0 Å². The van der Waals surface area contributed by atoms with Gasteiger partial charge in [-0.15, -0.1) is 0 Å². The van der Waals surface area contributed by atoms with Crippen molar-refractivity contribution < 1.29 is 9.47 Å². The Morgan fingerprint density at radius 1 is 1.28 bits per heavy atom. The minimum absolute atomic E-state index is 0.734. The van der Waals surface area contributed by atoms with Gasteiger partial charge in [0.25, 0.3) is 0 Å². The van der Waals surface area contributed by atoms with Gasteiger partial charge in [-0.1, -0.05) is 18.2 Å². The topological polar surface area (TPSA) is 30.5 Å². The Morgan fingerprint density at radius 2 is 2.11 bits per heavy atom. The lowest BCUT2D eigenvalue weighted by Gasteiger charge is -2.14. The third-order valence-electron chi connectivity index (χ3n) is 3.03. The van der Waals surface area contributed by atoms with Crippen molar-refractivity contribution in [2.24, 2.45) is 0 Å². The van der Waals surface area contributed by atoms with Gasteiger partial charge in [0, 0.05) is 0 Å². The Hall–Kier alpha value is -1.32. The van der Waals surface area contributed by atoms with Crippen LogP contribution in [-0.2, 0) is 4.74 Å². The van der Waals surface area contributed by atoms with Crippen LogP contribution in [0.15, 0.2) is 30.3 Å². The molecule has 0 unspecified atom stereocenters. The van der Waals surface area contributed by atoms with E-state index in [1.165, 1.54) is 11.1 Å². The average molecular weight is 247 g/mol. The summed E-state index contributed by atoms with van der Waals surface area (Å²) in [6.45, 7) is 3.31. The van der Waals surface area contributed by atoms with Gasteiger partial charge in [0.05, 0.1) is 19.8 Å². The lowest BCUT2D eigenvalue weighted by molar-refractivity contribution is 0.161. The molecule has 1 aromatic rings. The van der Waals surface area contributed by atoms with Crippen LogP contribution in [0.25, 0.3) is 5.57 Å². The van der Waals surface area contributed by atoms with Crippen molar-refractivity contribution >= 4 is 5.57 Å². The number of hydrogen-bond donors (Lipinski definition) is 1. The predicted molar refractivity (Wildman–Crippen MR) is 73.9 cm³/mol. The van der Waals surface area contributed by atoms with Crippen molar-refractivity contribution in [2.45, 2.75) is 12.8 Å². The van der Waals surface area contributed by atoms with Gasteiger partial charge < -0.3 is 14.8 Å². The van der Waals surface area contributed by atoms with Gasteiger partial charge in [-0.2, -0.15) is 0 Å². The first-order valence-electron chi connectivity index (χ1n) is 6.55. The molecule has 1 aliphatic rings. The van der Waals surface area contributed by atoms with Crippen LogP contribution in [-0.4, -0.2) is 33.4 Å². The van der Waals surface area contributed by atoms with E-state index in [0.29, 0.717) is 0 Å². The highest BCUT2D eigenvalue weighted by Crippen LogP contribution is 2.23. The summed E-state index contributed by atoms with van der Waals surface area (Å²) in [5, 5.41) is 3.11. The quantitative estimate of drug-likeness (QED) is 0.783. The van der Waals surface area contributed by atoms with E-state index < -0.39 is 0 Å². The summed E-state index contributed by atoms with van der Waals surface area (Å²) in [5.41, 5.74) is 2.66. The van der Waals surface area contributed by atoms with Crippen molar-refractivity contribution in [3.05, 3.63) is 35.9 Å². The summed E-state index contributed by atoms with van der Waals surface area (Å²) in [6.07, 6.45) is 4.19. The van der Waals surface area contributed by atoms with Gasteiger partial charge in [-0.3, -0.25) is 0 Å². The van der Waals surface area contributed by atoms with E-state index >= 15 is 0 Å². The monoisotopic (exact) mass is 247 g/mol. The zero-order chi connectivity index (χ0) is 12.6. The Morgan fingerprint density at radius 3 is 2.78 bits per heavy atom. The molecule has 3 nitrogen and oxygen atoms in total. The first-order valence-corrected chi connectivity index (χ1v) is 6.55. The summed E-state index contributed by atoms with van der Waals surface area (Å²) >= 11 is 0. The lowest BCUT2D eigenvalue weighted by Crippen LogP contribution is -2.11. The fraction of sp³-hybridized carbons (Fsp3) is 0.467. The van der Waals surface area contributed by atoms with Gasteiger partial charge in [0.2, 0.25) is 0 Å². The number of rotatable bonds is 6. The Balaban J connectivity index is 1.87. The maximum atomic E-state index is 5.67. The normalized spacial score (nSPS) is 15.3. The fourth-order valence-corrected chi connectivity index (χ4v) is 1.99. The first kappa shape index (κ1) is 13.1. The third-order valence-corrected chi connectivity index (χ3v) is 3.03. The average Bonchev–Trinajstić information content (AvgIpc) is 2.45. The molecule has 98 valence electrons. The number of ether oxygens (including phenoxy) is 2. The SMILES string of the molecule is CNCCCOc1ccc(C2=CCOCC2)cc1. The zero-order valence-corrected chi connectivity index (χ0v) is 10.9. The summed E-state index contributed by atoms with van der Waals surface area (Å²) in [6, 6.07) is 8.35. The van der Waals surface area contributed by atoms with Gasteiger partial charge in [-0.05, 0) is 49.7 Å². The summed E-state index contributed by atoms with van der Waals surface area (Å²) in [4.78, 5) is 0. The summed E-state index contributed by atoms with van der Waals surface area (Å²) < 4.78 is 11.0. The van der Waals surface area contributed by atoms with Gasteiger partial charge in [-0.25, -0.2) is 0 Å². The fourth-order valence-electron chi connectivity index (χ4n) is 1.99. The molecule has 1 heterocycles. The highest BCUT2D eigenvalue weighted by molar-refractivity contribution is 5.66. The number of nitrogens with one attached hydrogen (secondary N) is 1. The second-order valence-corrected chi connectivity index (χ2v) is 4.38. The second kappa shape index (κ2) is 7.19. The molecule has 18 heavy (non-hydrogen) atoms. The molecule has 0 saturated carbocycles. The molecule has 1 aliphatic heterocycles. The number of hydrogen-bond acceptors (Lipinski definition) is 3. The van der Waals surface area contributed by atoms with Crippen molar-refractivity contribution in [2.75, 3.05) is 33.4 Å². The van der Waals surface area contributed by atoms with Crippen molar-refractivity contribution in [1.82, 2.24) is 5.32 Å². The zero-order valence-electron chi connectivity index (χ0n) is 10.9. The first-order chi connectivity index (χ1) is 8.90. The lowest BCUT2D eigenvalue weighted by atomic mass is 10.0. The predicted octanol–water partition coefficient (Wildman–Crippen LogP) is 2.48. The van der Waals surface area contributed by atoms with Crippen LogP contribution in [0.1, 0.15) is 18.4 Å². The maximum Gasteiger partial charge on any atom is 0.119 e. The minimum atomic E-state index is 0.734. The van der Waals surface area contributed by atoms with Gasteiger partial charge >= 0.3 is 0 Å². The largest absolute Gasteiger partial charge is 0.494 e. The Bertz CT molecular complexity index is 384. The molecule has 0 fully saturated rings. The van der Waals surface area contributed by atoms with Crippen LogP contribution in [0, 0.1) is 0 Å². The molecule has 0 saturated heterocycles. The second-order valence-electron chi connectivity index (χ2n) is 4.38. The molecule has 0 spiro atoms. The molecule has 1 aromatic carbocycles. The molecule has 1 N–H and O–H groups in total. The Labute approximate surface area is 109 Å². The third kappa shape index (κ3) is 3.86. The molecule has 2 rings (SSSR count). The van der Waals surface area contributed by atoms with E-state index in [1.807, 2.05) is 19.2 Å². The molecular formula is C15H21NO2. The molecule has 3 heteroatoms. The van der Waals surface area contributed by atoms with E-state index in [-0.39, 0.29) is 0 Å². The van der Waals surface area contributed by atoms with E-state index in [4.69, 9.17) is 9.47 Å². The van der Waals surface area contributed by atoms with Crippen LogP contribution in [0.5, 0.6) is 5.75 Å². The summed E-state index contributed by atoms with van der Waals surface area (Å²) in [7, 11) is 1.95. The van der Waals surface area contributed by atoms with Gasteiger partial charge in [0.1, 0.15) is 5.75 Å². The number of benzene rings is 1. The van der Waals surface area contributed by atoms with Crippen LogP contribution >= 0.6 is 0 Å². The molecular weight excluding hydrogens is 226 g/mol. The van der Waals surface area contributed by atoms with Crippen LogP contribution < -0.4 is 10.1 Å². The highest BCUT2D eigenvalue weighted by atomic mass is 16.5. The smallest absolute Gasteiger partial charge is 0.119 e. The molecule has 0 bridgehead atoms. The van der Waals surface area contributed by atoms with Crippen molar-refractivity contribution in [3.8, 4) is 5.75 Å². The maximum absolute atomic E-state index is 5.67. The molecule has 0 aromatic heterocycles. The molecule has 0 atom stereocenters. The van der Waals surface area contributed by atoms with E-state index in [0.717, 1.165) is 45.0 Å². The molecule has 0 amide bonds. The van der Waals surface area contributed by atoms with Crippen LogP contribution in [0.3, 0.4) is 0 Å². The van der Waals surface area contributed by atoms with E-state index in [9.17, 15) is 0 Å². The molecule has 0 aliphatic carbocycles. The summed E-state index contributed by atoms with van der Waals surface area (Å²) in [5.74, 6) is 0.947. The van der Waals surface area contributed by atoms with Crippen molar-refractivity contribution in [3.63, 3.8) is 0 Å². The van der Waals surface area contributed by atoms with Crippen LogP contribution in [0.2, 0.25) is 0 Å². The Kier molecular flexibility index (Phi) is 5.24.